The van der Waals surface area contributed by atoms with Gasteiger partial charge in [-0.1, -0.05) is 11.8 Å². The number of nitrogens with zero attached hydrogens (tertiary/aromatic N) is 1. The molecular formula is C22H24N2O6S2. The van der Waals surface area contributed by atoms with E-state index in [1.807, 2.05) is 12.1 Å². The fourth-order valence-corrected chi connectivity index (χ4v) is 5.68. The maximum atomic E-state index is 13.1. The number of carbonyl (C=O) groups is 1. The molecule has 4 rings (SSSR count). The van der Waals surface area contributed by atoms with Gasteiger partial charge in [0.25, 0.3) is 5.22 Å². The Labute approximate surface area is 192 Å². The van der Waals surface area contributed by atoms with Crippen molar-refractivity contribution >= 4 is 39.6 Å². The Morgan fingerprint density at radius 3 is 2.59 bits per heavy atom. The lowest BCUT2D eigenvalue weighted by Crippen LogP contribution is -2.51. The number of oxazole rings is 1. The van der Waals surface area contributed by atoms with Crippen molar-refractivity contribution < 1.29 is 27.6 Å². The molecule has 2 aromatic carbocycles. The minimum atomic E-state index is -1.55. The molecule has 1 unspecified atom stereocenters. The second-order valence-electron chi connectivity index (χ2n) is 7.22. The van der Waals surface area contributed by atoms with Crippen LogP contribution in [0.2, 0.25) is 0 Å². The average Bonchev–Trinajstić information content (AvgIpc) is 3.24. The van der Waals surface area contributed by atoms with Gasteiger partial charge in [-0.15, -0.1) is 0 Å². The Balaban J connectivity index is 1.31. The van der Waals surface area contributed by atoms with E-state index < -0.39 is 21.5 Å². The van der Waals surface area contributed by atoms with E-state index in [1.165, 1.54) is 11.8 Å². The van der Waals surface area contributed by atoms with Gasteiger partial charge in [0.15, 0.2) is 5.58 Å². The van der Waals surface area contributed by atoms with Crippen molar-refractivity contribution in [1.29, 1.82) is 0 Å². The third kappa shape index (κ3) is 4.77. The highest BCUT2D eigenvalue weighted by atomic mass is 32.2. The summed E-state index contributed by atoms with van der Waals surface area (Å²) in [5.74, 6) is 1.46. The van der Waals surface area contributed by atoms with E-state index in [9.17, 15) is 9.00 Å². The summed E-state index contributed by atoms with van der Waals surface area (Å²) in [4.78, 5) is 17.0. The topological polar surface area (TPSA) is 114 Å². The first-order valence-electron chi connectivity index (χ1n) is 10.1. The molecule has 1 amide bonds. The summed E-state index contributed by atoms with van der Waals surface area (Å²) >= 11 is 1.45. The second-order valence-corrected chi connectivity index (χ2v) is 10.1. The van der Waals surface area contributed by atoms with Crippen LogP contribution in [0.1, 0.15) is 12.8 Å². The highest BCUT2D eigenvalue weighted by Gasteiger charge is 2.45. The third-order valence-electron chi connectivity index (χ3n) is 5.30. The van der Waals surface area contributed by atoms with Crippen LogP contribution in [0, 0.1) is 0 Å². The fourth-order valence-electron chi connectivity index (χ4n) is 3.47. The van der Waals surface area contributed by atoms with E-state index in [1.54, 1.807) is 37.4 Å². The molecule has 3 aromatic rings. The number of fused-ring (bicyclic) bond motifs is 1. The van der Waals surface area contributed by atoms with Crippen LogP contribution in [0.5, 0.6) is 11.5 Å². The Hall–Kier alpha value is -2.56. The molecule has 1 aromatic heterocycles. The number of benzene rings is 2. The summed E-state index contributed by atoms with van der Waals surface area (Å²) in [6.45, 7) is 1.19. The van der Waals surface area contributed by atoms with E-state index in [0.29, 0.717) is 59.9 Å². The molecule has 0 spiro atoms. The molecule has 2 N–H and O–H groups in total. The Morgan fingerprint density at radius 1 is 1.19 bits per heavy atom. The highest BCUT2D eigenvalue weighted by molar-refractivity contribution is 7.99. The van der Waals surface area contributed by atoms with Crippen molar-refractivity contribution in [2.45, 2.75) is 27.7 Å². The van der Waals surface area contributed by atoms with Crippen molar-refractivity contribution in [2.75, 3.05) is 32.7 Å². The Morgan fingerprint density at radius 2 is 1.91 bits per heavy atom. The SMILES string of the molecule is COc1ccc2nc(SCCOc3ccc(S(=O)C4(C(N)=O)CCOCC4)cc3)oc2c1. The number of primary amides is 1. The zero-order valence-corrected chi connectivity index (χ0v) is 19.2. The van der Waals surface area contributed by atoms with E-state index in [-0.39, 0.29) is 0 Å². The van der Waals surface area contributed by atoms with Gasteiger partial charge in [0.2, 0.25) is 5.91 Å². The number of aromatic nitrogens is 1. The zero-order chi connectivity index (χ0) is 22.6. The van der Waals surface area contributed by atoms with E-state index in [4.69, 9.17) is 24.4 Å². The monoisotopic (exact) mass is 476 g/mol. The molecule has 1 aliphatic heterocycles. The van der Waals surface area contributed by atoms with Crippen LogP contribution in [0.25, 0.3) is 11.1 Å². The van der Waals surface area contributed by atoms with Crippen LogP contribution in [0.3, 0.4) is 0 Å². The largest absolute Gasteiger partial charge is 0.497 e. The number of hydrogen-bond acceptors (Lipinski definition) is 8. The average molecular weight is 477 g/mol. The molecule has 2 heterocycles. The number of hydrogen-bond donors (Lipinski definition) is 1. The summed E-state index contributed by atoms with van der Waals surface area (Å²) < 4.78 is 34.0. The first kappa shape index (κ1) is 22.6. The van der Waals surface area contributed by atoms with Gasteiger partial charge in [0, 0.05) is 29.9 Å². The number of carbonyl (C=O) groups excluding carboxylic acids is 1. The van der Waals surface area contributed by atoms with E-state index >= 15 is 0 Å². The summed E-state index contributed by atoms with van der Waals surface area (Å²) in [5.41, 5.74) is 7.05. The van der Waals surface area contributed by atoms with Gasteiger partial charge in [0.05, 0.1) is 24.5 Å². The molecule has 8 nitrogen and oxygen atoms in total. The van der Waals surface area contributed by atoms with Crippen LogP contribution in [0.15, 0.2) is 57.0 Å². The normalized spacial score (nSPS) is 16.5. The lowest BCUT2D eigenvalue weighted by molar-refractivity contribution is -0.122. The summed E-state index contributed by atoms with van der Waals surface area (Å²) in [6, 6.07) is 12.4. The maximum absolute atomic E-state index is 13.1. The lowest BCUT2D eigenvalue weighted by atomic mass is 9.98. The number of rotatable bonds is 9. The van der Waals surface area contributed by atoms with Gasteiger partial charge < -0.3 is 24.4 Å². The van der Waals surface area contributed by atoms with Crippen LogP contribution < -0.4 is 15.2 Å². The van der Waals surface area contributed by atoms with Gasteiger partial charge in [-0.3, -0.25) is 9.00 Å². The molecule has 0 radical (unpaired) electrons. The first-order chi connectivity index (χ1) is 15.5. The van der Waals surface area contributed by atoms with Crippen LogP contribution in [0.4, 0.5) is 0 Å². The predicted octanol–water partition coefficient (Wildman–Crippen LogP) is 3.15. The smallest absolute Gasteiger partial charge is 0.256 e. The maximum Gasteiger partial charge on any atom is 0.256 e. The number of ether oxygens (including phenoxy) is 3. The second kappa shape index (κ2) is 9.93. The molecule has 170 valence electrons. The molecule has 1 aliphatic rings. The highest BCUT2D eigenvalue weighted by Crippen LogP contribution is 2.32. The summed E-state index contributed by atoms with van der Waals surface area (Å²) in [7, 11) is 0.0533. The van der Waals surface area contributed by atoms with Crippen molar-refractivity contribution in [3.63, 3.8) is 0 Å². The molecule has 0 aliphatic carbocycles. The molecule has 1 atom stereocenters. The minimum Gasteiger partial charge on any atom is -0.497 e. The molecule has 0 bridgehead atoms. The summed E-state index contributed by atoms with van der Waals surface area (Å²) in [5, 5.41) is 0.566. The number of nitrogens with two attached hydrogens (primary N) is 1. The quantitative estimate of drug-likeness (QED) is 0.370. The van der Waals surface area contributed by atoms with Gasteiger partial charge in [-0.2, -0.15) is 0 Å². The van der Waals surface area contributed by atoms with Gasteiger partial charge >= 0.3 is 0 Å². The minimum absolute atomic E-state index is 0.354. The lowest BCUT2D eigenvalue weighted by Gasteiger charge is -2.33. The first-order valence-corrected chi connectivity index (χ1v) is 12.3. The number of thioether (sulfide) groups is 1. The summed E-state index contributed by atoms with van der Waals surface area (Å²) in [6.07, 6.45) is 0.708. The van der Waals surface area contributed by atoms with Crippen molar-refractivity contribution in [1.82, 2.24) is 4.98 Å². The zero-order valence-electron chi connectivity index (χ0n) is 17.6. The molecular weight excluding hydrogens is 452 g/mol. The van der Waals surface area contributed by atoms with Crippen LogP contribution in [-0.2, 0) is 20.3 Å². The molecule has 1 saturated heterocycles. The molecule has 1 fully saturated rings. The fraction of sp³-hybridized carbons (Fsp3) is 0.364. The standard InChI is InChI=1S/C22H24N2O6S2/c1-27-16-4-7-18-19(14-16)30-21(24-18)31-13-12-29-15-2-5-17(6-3-15)32(26)22(20(23)25)8-10-28-11-9-22/h2-7,14H,8-13H2,1H3,(H2,23,25). The Kier molecular flexibility index (Phi) is 7.02. The molecule has 0 saturated carbocycles. The van der Waals surface area contributed by atoms with Crippen LogP contribution >= 0.6 is 11.8 Å². The number of methoxy groups -OCH3 is 1. The van der Waals surface area contributed by atoms with Gasteiger partial charge in [-0.05, 0) is 49.2 Å². The van der Waals surface area contributed by atoms with Crippen molar-refractivity contribution in [3.8, 4) is 11.5 Å². The van der Waals surface area contributed by atoms with Gasteiger partial charge in [-0.25, -0.2) is 4.98 Å². The van der Waals surface area contributed by atoms with Crippen molar-refractivity contribution in [2.24, 2.45) is 5.73 Å². The van der Waals surface area contributed by atoms with Gasteiger partial charge in [0.1, 0.15) is 21.8 Å². The third-order valence-corrected chi connectivity index (χ3v) is 8.11. The predicted molar refractivity (Wildman–Crippen MR) is 122 cm³/mol. The number of amides is 1. The van der Waals surface area contributed by atoms with E-state index in [0.717, 1.165) is 11.3 Å². The molecule has 32 heavy (non-hydrogen) atoms. The Bertz CT molecular complexity index is 1110. The van der Waals surface area contributed by atoms with Crippen molar-refractivity contribution in [3.05, 3.63) is 42.5 Å². The van der Waals surface area contributed by atoms with E-state index in [2.05, 4.69) is 4.98 Å². The molecule has 10 heteroatoms. The van der Waals surface area contributed by atoms with Crippen LogP contribution in [-0.4, -0.2) is 52.5 Å².